The van der Waals surface area contributed by atoms with Gasteiger partial charge in [-0.2, -0.15) is 0 Å². The average molecular weight is 157 g/mol. The number of hydrogen-bond acceptors (Lipinski definition) is 2. The second kappa shape index (κ2) is 2.76. The summed E-state index contributed by atoms with van der Waals surface area (Å²) in [6.45, 7) is 9.64. The molecule has 2 unspecified atom stereocenters. The van der Waals surface area contributed by atoms with Gasteiger partial charge in [-0.15, -0.1) is 0 Å². The molecule has 1 fully saturated rings. The Morgan fingerprint density at radius 2 is 2.09 bits per heavy atom. The molecule has 0 saturated carbocycles. The van der Waals surface area contributed by atoms with Crippen LogP contribution in [0.25, 0.3) is 0 Å². The number of rotatable bonds is 1. The van der Waals surface area contributed by atoms with Gasteiger partial charge in [-0.25, -0.2) is 0 Å². The van der Waals surface area contributed by atoms with Gasteiger partial charge in [0.25, 0.3) is 0 Å². The third-order valence-electron chi connectivity index (χ3n) is 3.05. The Bertz CT molecular complexity index is 146. The van der Waals surface area contributed by atoms with Gasteiger partial charge in [-0.3, -0.25) is 4.90 Å². The lowest BCUT2D eigenvalue weighted by Gasteiger charge is -2.36. The zero-order valence-electron chi connectivity index (χ0n) is 8.22. The van der Waals surface area contributed by atoms with Crippen LogP contribution < -0.4 is 0 Å². The van der Waals surface area contributed by atoms with Crippen molar-refractivity contribution in [3.8, 4) is 0 Å². The van der Waals surface area contributed by atoms with Crippen LogP contribution in [0.15, 0.2) is 0 Å². The van der Waals surface area contributed by atoms with E-state index < -0.39 is 0 Å². The molecule has 1 saturated heterocycles. The van der Waals surface area contributed by atoms with Crippen molar-refractivity contribution in [2.75, 3.05) is 13.7 Å². The molecule has 66 valence electrons. The maximum absolute atomic E-state index is 5.75. The topological polar surface area (TPSA) is 12.5 Å². The molecule has 0 amide bonds. The Kier molecular flexibility index (Phi) is 2.26. The number of ether oxygens (including phenoxy) is 1. The molecule has 0 aromatic carbocycles. The van der Waals surface area contributed by atoms with Gasteiger partial charge in [0.05, 0.1) is 6.61 Å². The van der Waals surface area contributed by atoms with Crippen molar-refractivity contribution in [3.05, 3.63) is 0 Å². The lowest BCUT2D eigenvalue weighted by molar-refractivity contribution is -0.0935. The molecule has 0 radical (unpaired) electrons. The molecule has 1 aliphatic rings. The summed E-state index contributed by atoms with van der Waals surface area (Å²) in [7, 11) is 2.14. The second-order valence-electron chi connectivity index (χ2n) is 3.98. The van der Waals surface area contributed by atoms with Gasteiger partial charge in [0.15, 0.2) is 0 Å². The Morgan fingerprint density at radius 3 is 2.27 bits per heavy atom. The first kappa shape index (κ1) is 9.01. The highest BCUT2D eigenvalue weighted by molar-refractivity contribution is 4.87. The second-order valence-corrected chi connectivity index (χ2v) is 3.98. The molecule has 0 spiro atoms. The normalized spacial score (nSPS) is 40.4. The van der Waals surface area contributed by atoms with Crippen molar-refractivity contribution < 1.29 is 4.74 Å². The minimum absolute atomic E-state index is 0.0422. The van der Waals surface area contributed by atoms with Gasteiger partial charge in [-0.05, 0) is 26.8 Å². The molecular formula is C9H19NO. The summed E-state index contributed by atoms with van der Waals surface area (Å²) in [5.41, 5.74) is -0.0422. The highest BCUT2D eigenvalue weighted by atomic mass is 16.5. The van der Waals surface area contributed by atoms with E-state index >= 15 is 0 Å². The SMILES string of the molecule is CC1COC(C)(C(C)C)N1C. The molecule has 11 heavy (non-hydrogen) atoms. The molecule has 1 aliphatic heterocycles. The van der Waals surface area contributed by atoms with Crippen molar-refractivity contribution >= 4 is 0 Å². The van der Waals surface area contributed by atoms with E-state index in [9.17, 15) is 0 Å². The van der Waals surface area contributed by atoms with Crippen LogP contribution in [0.3, 0.4) is 0 Å². The molecule has 0 aromatic heterocycles. The van der Waals surface area contributed by atoms with Crippen LogP contribution >= 0.6 is 0 Å². The van der Waals surface area contributed by atoms with Crippen LogP contribution in [0.4, 0.5) is 0 Å². The first-order valence-corrected chi connectivity index (χ1v) is 4.35. The Hall–Kier alpha value is -0.0800. The van der Waals surface area contributed by atoms with Gasteiger partial charge < -0.3 is 4.74 Å². The van der Waals surface area contributed by atoms with E-state index in [0.717, 1.165) is 6.61 Å². The first-order valence-electron chi connectivity index (χ1n) is 4.35. The predicted molar refractivity (Wildman–Crippen MR) is 46.4 cm³/mol. The highest BCUT2D eigenvalue weighted by Gasteiger charge is 2.41. The summed E-state index contributed by atoms with van der Waals surface area (Å²) in [5.74, 6) is 0.553. The summed E-state index contributed by atoms with van der Waals surface area (Å²) in [6, 6.07) is 0.558. The maximum Gasteiger partial charge on any atom is 0.121 e. The summed E-state index contributed by atoms with van der Waals surface area (Å²) in [4.78, 5) is 2.32. The lowest BCUT2D eigenvalue weighted by atomic mass is 10.0. The molecule has 1 rings (SSSR count). The van der Waals surface area contributed by atoms with E-state index in [1.54, 1.807) is 0 Å². The van der Waals surface area contributed by atoms with E-state index in [-0.39, 0.29) is 5.72 Å². The van der Waals surface area contributed by atoms with Gasteiger partial charge in [-0.1, -0.05) is 13.8 Å². The number of likely N-dealkylation sites (N-methyl/N-ethyl adjacent to an activating group) is 1. The summed E-state index contributed by atoms with van der Waals surface area (Å²) >= 11 is 0. The largest absolute Gasteiger partial charge is 0.359 e. The molecule has 1 heterocycles. The average Bonchev–Trinajstić information content (AvgIpc) is 2.18. The molecule has 2 nitrogen and oxygen atoms in total. The number of nitrogens with zero attached hydrogens (tertiary/aromatic N) is 1. The minimum atomic E-state index is -0.0422. The monoisotopic (exact) mass is 157 g/mol. The quantitative estimate of drug-likeness (QED) is 0.574. The first-order chi connectivity index (χ1) is 4.98. The van der Waals surface area contributed by atoms with Crippen molar-refractivity contribution in [2.45, 2.75) is 39.5 Å². The van der Waals surface area contributed by atoms with Crippen molar-refractivity contribution in [1.82, 2.24) is 4.90 Å². The molecule has 0 aromatic rings. The van der Waals surface area contributed by atoms with Crippen LogP contribution in [-0.2, 0) is 4.74 Å². The molecule has 0 aliphatic carbocycles. The maximum atomic E-state index is 5.75. The Labute approximate surface area is 69.5 Å². The summed E-state index contributed by atoms with van der Waals surface area (Å²) in [5, 5.41) is 0. The smallest absolute Gasteiger partial charge is 0.121 e. The number of hydrogen-bond donors (Lipinski definition) is 0. The van der Waals surface area contributed by atoms with Crippen molar-refractivity contribution in [3.63, 3.8) is 0 Å². The van der Waals surface area contributed by atoms with E-state index in [1.165, 1.54) is 0 Å². The minimum Gasteiger partial charge on any atom is -0.359 e. The molecule has 2 atom stereocenters. The molecule has 0 N–H and O–H groups in total. The molecule has 2 heteroatoms. The van der Waals surface area contributed by atoms with Crippen LogP contribution in [0.2, 0.25) is 0 Å². The van der Waals surface area contributed by atoms with Gasteiger partial charge >= 0.3 is 0 Å². The fourth-order valence-electron chi connectivity index (χ4n) is 1.51. The van der Waals surface area contributed by atoms with Gasteiger partial charge in [0, 0.05) is 6.04 Å². The van der Waals surface area contributed by atoms with Crippen LogP contribution in [-0.4, -0.2) is 30.3 Å². The highest BCUT2D eigenvalue weighted by Crippen LogP contribution is 2.31. The zero-order valence-corrected chi connectivity index (χ0v) is 8.22. The van der Waals surface area contributed by atoms with E-state index in [0.29, 0.717) is 12.0 Å². The van der Waals surface area contributed by atoms with Crippen LogP contribution in [0.1, 0.15) is 27.7 Å². The third-order valence-corrected chi connectivity index (χ3v) is 3.05. The third kappa shape index (κ3) is 1.30. The van der Waals surface area contributed by atoms with E-state index in [1.807, 2.05) is 0 Å². The fraction of sp³-hybridized carbons (Fsp3) is 1.00. The molecular weight excluding hydrogens is 138 g/mol. The van der Waals surface area contributed by atoms with Crippen molar-refractivity contribution in [2.24, 2.45) is 5.92 Å². The van der Waals surface area contributed by atoms with Crippen LogP contribution in [0.5, 0.6) is 0 Å². The van der Waals surface area contributed by atoms with E-state index in [4.69, 9.17) is 4.74 Å². The van der Waals surface area contributed by atoms with Gasteiger partial charge in [0.1, 0.15) is 5.72 Å². The molecule has 0 bridgehead atoms. The Morgan fingerprint density at radius 1 is 1.55 bits per heavy atom. The van der Waals surface area contributed by atoms with Gasteiger partial charge in [0.2, 0.25) is 0 Å². The summed E-state index contributed by atoms with van der Waals surface area (Å²) < 4.78 is 5.75. The lowest BCUT2D eigenvalue weighted by Crippen LogP contribution is -2.46. The zero-order chi connectivity index (χ0) is 8.65. The summed E-state index contributed by atoms with van der Waals surface area (Å²) in [6.07, 6.45) is 0. The fourth-order valence-corrected chi connectivity index (χ4v) is 1.51. The predicted octanol–water partition coefficient (Wildman–Crippen LogP) is 1.71. The van der Waals surface area contributed by atoms with Crippen LogP contribution in [0, 0.1) is 5.92 Å². The van der Waals surface area contributed by atoms with Crippen molar-refractivity contribution in [1.29, 1.82) is 0 Å². The Balaban J connectivity index is 2.73. The van der Waals surface area contributed by atoms with E-state index in [2.05, 4.69) is 39.6 Å². The standard InChI is InChI=1S/C9H19NO/c1-7(2)9(4)10(5)8(3)6-11-9/h7-8H,6H2,1-5H3.